The first-order valence-corrected chi connectivity index (χ1v) is 19.3. The third-order valence-electron chi connectivity index (χ3n) is 11.4. The van der Waals surface area contributed by atoms with Crippen molar-refractivity contribution in [2.75, 3.05) is 0 Å². The summed E-state index contributed by atoms with van der Waals surface area (Å²) in [7, 11) is 0. The molecule has 0 fully saturated rings. The number of benzene rings is 10. The molecular formula is C52H30OS. The summed E-state index contributed by atoms with van der Waals surface area (Å²) in [6.07, 6.45) is 0. The van der Waals surface area contributed by atoms with Crippen LogP contribution >= 0.6 is 11.3 Å². The van der Waals surface area contributed by atoms with E-state index in [1.807, 2.05) is 11.3 Å². The summed E-state index contributed by atoms with van der Waals surface area (Å²) in [5, 5.41) is 15.1. The van der Waals surface area contributed by atoms with Gasteiger partial charge in [0.1, 0.15) is 11.2 Å². The van der Waals surface area contributed by atoms with Crippen LogP contribution < -0.4 is 0 Å². The lowest BCUT2D eigenvalue weighted by Gasteiger charge is -2.19. The van der Waals surface area contributed by atoms with Crippen molar-refractivity contribution in [1.29, 1.82) is 0 Å². The highest BCUT2D eigenvalue weighted by Crippen LogP contribution is 2.49. The molecule has 0 saturated heterocycles. The molecule has 1 nitrogen and oxygen atoms in total. The summed E-state index contributed by atoms with van der Waals surface area (Å²) in [5.41, 5.74) is 9.35. The lowest BCUT2D eigenvalue weighted by molar-refractivity contribution is 0.669. The van der Waals surface area contributed by atoms with E-state index >= 15 is 0 Å². The van der Waals surface area contributed by atoms with Crippen molar-refractivity contribution >= 4 is 96.5 Å². The first-order chi connectivity index (χ1) is 26.8. The number of thiophene rings is 1. The number of rotatable bonds is 3. The van der Waals surface area contributed by atoms with Crippen LogP contribution in [0.25, 0.3) is 119 Å². The van der Waals surface area contributed by atoms with Crippen molar-refractivity contribution in [3.05, 3.63) is 182 Å². The molecule has 250 valence electrons. The van der Waals surface area contributed by atoms with Crippen LogP contribution in [0.5, 0.6) is 0 Å². The highest BCUT2D eigenvalue weighted by Gasteiger charge is 2.21. The Morgan fingerprint density at radius 2 is 0.926 bits per heavy atom. The Bertz CT molecular complexity index is 3450. The minimum absolute atomic E-state index is 0.930. The molecule has 0 N–H and O–H groups in total. The van der Waals surface area contributed by atoms with Crippen LogP contribution in [0, 0.1) is 0 Å². The van der Waals surface area contributed by atoms with Gasteiger partial charge < -0.3 is 4.42 Å². The number of para-hydroxylation sites is 1. The van der Waals surface area contributed by atoms with Crippen molar-refractivity contribution in [3.63, 3.8) is 0 Å². The molecule has 0 saturated carbocycles. The zero-order valence-electron chi connectivity index (χ0n) is 29.1. The van der Waals surface area contributed by atoms with E-state index in [9.17, 15) is 0 Å². The molecule has 2 heteroatoms. The fraction of sp³-hybridized carbons (Fsp3) is 0. The number of furan rings is 1. The average Bonchev–Trinajstić information content (AvgIpc) is 3.81. The maximum absolute atomic E-state index is 6.38. The summed E-state index contributed by atoms with van der Waals surface area (Å²) >= 11 is 1.88. The zero-order valence-corrected chi connectivity index (χ0v) is 30.0. The van der Waals surface area contributed by atoms with E-state index in [2.05, 4.69) is 182 Å². The Morgan fingerprint density at radius 1 is 0.333 bits per heavy atom. The predicted octanol–water partition coefficient (Wildman–Crippen LogP) is 15.6. The molecule has 12 aromatic rings. The molecule has 12 rings (SSSR count). The van der Waals surface area contributed by atoms with Gasteiger partial charge in [0.25, 0.3) is 0 Å². The van der Waals surface area contributed by atoms with Crippen LogP contribution in [0.4, 0.5) is 0 Å². The first kappa shape index (κ1) is 29.8. The summed E-state index contributed by atoms with van der Waals surface area (Å²) in [6, 6.07) is 66.7. The molecule has 0 atom stereocenters. The molecule has 0 radical (unpaired) electrons. The van der Waals surface area contributed by atoms with E-state index < -0.39 is 0 Å². The smallest absolute Gasteiger partial charge is 0.136 e. The molecule has 10 aromatic carbocycles. The van der Waals surface area contributed by atoms with E-state index in [0.29, 0.717) is 0 Å². The van der Waals surface area contributed by atoms with E-state index in [4.69, 9.17) is 4.42 Å². The number of fused-ring (bicyclic) bond motifs is 12. The Morgan fingerprint density at radius 3 is 1.70 bits per heavy atom. The van der Waals surface area contributed by atoms with Gasteiger partial charge >= 0.3 is 0 Å². The molecule has 0 unspecified atom stereocenters. The van der Waals surface area contributed by atoms with Gasteiger partial charge in [-0.2, -0.15) is 0 Å². The van der Waals surface area contributed by atoms with Crippen LogP contribution in [0.15, 0.2) is 186 Å². The van der Waals surface area contributed by atoms with Crippen molar-refractivity contribution < 1.29 is 4.42 Å². The molecule has 0 amide bonds. The van der Waals surface area contributed by atoms with Gasteiger partial charge in [0.2, 0.25) is 0 Å². The predicted molar refractivity (Wildman–Crippen MR) is 233 cm³/mol. The van der Waals surface area contributed by atoms with Gasteiger partial charge in [0.15, 0.2) is 0 Å². The summed E-state index contributed by atoms with van der Waals surface area (Å²) in [5.74, 6) is 0. The molecule has 0 bridgehead atoms. The van der Waals surface area contributed by atoms with Crippen molar-refractivity contribution in [2.24, 2.45) is 0 Å². The topological polar surface area (TPSA) is 13.1 Å². The molecule has 2 aromatic heterocycles. The minimum Gasteiger partial charge on any atom is -0.456 e. The van der Waals surface area contributed by atoms with E-state index in [1.165, 1.54) is 107 Å². The van der Waals surface area contributed by atoms with Crippen LogP contribution in [0.2, 0.25) is 0 Å². The van der Waals surface area contributed by atoms with Gasteiger partial charge in [-0.25, -0.2) is 0 Å². The SMILES string of the molecule is c1cc(-c2c3ccccc3c(-c3cccc4ccccc34)c3ccccc23)cc(-c2cc3c(sc4ccc5oc6ccccc6c5c43)c3ccccc23)c1. The fourth-order valence-corrected chi connectivity index (χ4v) is 10.4. The second-order valence-corrected chi connectivity index (χ2v) is 15.4. The highest BCUT2D eigenvalue weighted by molar-refractivity contribution is 7.27. The third-order valence-corrected chi connectivity index (χ3v) is 12.6. The van der Waals surface area contributed by atoms with Crippen molar-refractivity contribution in [3.8, 4) is 33.4 Å². The maximum atomic E-state index is 6.38. The van der Waals surface area contributed by atoms with Gasteiger partial charge in [0, 0.05) is 36.3 Å². The maximum Gasteiger partial charge on any atom is 0.136 e. The number of hydrogen-bond donors (Lipinski definition) is 0. The Hall–Kier alpha value is -6.74. The van der Waals surface area contributed by atoms with Gasteiger partial charge in [-0.15, -0.1) is 11.3 Å². The summed E-state index contributed by atoms with van der Waals surface area (Å²) in [4.78, 5) is 0. The fourth-order valence-electron chi connectivity index (χ4n) is 9.16. The largest absolute Gasteiger partial charge is 0.456 e. The number of hydrogen-bond acceptors (Lipinski definition) is 2. The van der Waals surface area contributed by atoms with E-state index in [0.717, 1.165) is 11.2 Å². The Kier molecular flexibility index (Phi) is 6.28. The Balaban J connectivity index is 1.14. The zero-order chi connectivity index (χ0) is 35.3. The van der Waals surface area contributed by atoms with Gasteiger partial charge in [-0.3, -0.25) is 0 Å². The third kappa shape index (κ3) is 4.20. The first-order valence-electron chi connectivity index (χ1n) is 18.5. The quantitative estimate of drug-likeness (QED) is 0.167. The van der Waals surface area contributed by atoms with Gasteiger partial charge in [-0.1, -0.05) is 152 Å². The molecule has 0 aliphatic heterocycles. The monoisotopic (exact) mass is 702 g/mol. The second-order valence-electron chi connectivity index (χ2n) is 14.3. The molecule has 54 heavy (non-hydrogen) atoms. The van der Waals surface area contributed by atoms with Crippen molar-refractivity contribution in [2.45, 2.75) is 0 Å². The lowest BCUT2D eigenvalue weighted by atomic mass is 9.84. The van der Waals surface area contributed by atoms with Crippen LogP contribution in [-0.2, 0) is 0 Å². The summed E-state index contributed by atoms with van der Waals surface area (Å²) in [6.45, 7) is 0. The van der Waals surface area contributed by atoms with Crippen molar-refractivity contribution in [1.82, 2.24) is 0 Å². The van der Waals surface area contributed by atoms with Gasteiger partial charge in [-0.05, 0) is 101 Å². The lowest BCUT2D eigenvalue weighted by Crippen LogP contribution is -1.92. The summed E-state index contributed by atoms with van der Waals surface area (Å²) < 4.78 is 8.98. The molecule has 0 aliphatic rings. The highest BCUT2D eigenvalue weighted by atomic mass is 32.1. The van der Waals surface area contributed by atoms with Gasteiger partial charge in [0.05, 0.1) is 0 Å². The van der Waals surface area contributed by atoms with E-state index in [1.54, 1.807) is 0 Å². The Labute approximate surface area is 314 Å². The average molecular weight is 703 g/mol. The standard InChI is InChI=1S/C52H30OS/c1-2-17-34-31(13-1)14-12-25-36(34)49-39-21-6-4-19-37(39)48(38-20-5-7-22-40(38)49)33-16-11-15-32(29-33)43-30-44-51-47(54-52(44)41-23-8-3-18-35(41)43)28-27-46-50(51)42-24-9-10-26-45(42)53-46/h1-30H. The van der Waals surface area contributed by atoms with Crippen LogP contribution in [0.1, 0.15) is 0 Å². The van der Waals surface area contributed by atoms with E-state index in [-0.39, 0.29) is 0 Å². The molecule has 2 heterocycles. The molecule has 0 aliphatic carbocycles. The van der Waals surface area contributed by atoms with Crippen LogP contribution in [-0.4, -0.2) is 0 Å². The minimum atomic E-state index is 0.930. The molecule has 0 spiro atoms. The molecular weight excluding hydrogens is 673 g/mol. The normalized spacial score (nSPS) is 12.1. The van der Waals surface area contributed by atoms with Crippen LogP contribution in [0.3, 0.4) is 0 Å². The second kappa shape index (κ2) is 11.4.